The number of hydrogen-bond donors (Lipinski definition) is 1. The van der Waals surface area contributed by atoms with Gasteiger partial charge in [0.25, 0.3) is 0 Å². The average molecular weight is 279 g/mol. The number of unbranched alkanes of at least 4 members (excludes halogenated alkanes) is 1. The van der Waals surface area contributed by atoms with E-state index >= 15 is 0 Å². The van der Waals surface area contributed by atoms with Crippen LogP contribution in [0.4, 0.5) is 0 Å². The molecule has 1 N–H and O–H groups in total. The lowest BCUT2D eigenvalue weighted by atomic mass is 10.2. The molecule has 1 nitrogen and oxygen atoms in total. The van der Waals surface area contributed by atoms with E-state index in [4.69, 9.17) is 0 Å². The molecule has 0 saturated heterocycles. The van der Waals surface area contributed by atoms with Crippen molar-refractivity contribution in [1.82, 2.24) is 5.32 Å². The van der Waals surface area contributed by atoms with Gasteiger partial charge in [-0.15, -0.1) is 0 Å². The molecule has 0 unspecified atom stereocenters. The van der Waals surface area contributed by atoms with Gasteiger partial charge in [0.2, 0.25) is 0 Å². The Morgan fingerprint density at radius 3 is 2.75 bits per heavy atom. The molecule has 0 aliphatic heterocycles. The second-order valence-electron chi connectivity index (χ2n) is 3.44. The summed E-state index contributed by atoms with van der Waals surface area (Å²) in [5.41, 5.74) is 0. The van der Waals surface area contributed by atoms with Crippen molar-refractivity contribution < 1.29 is 0 Å². The Balaban J connectivity index is 1.87. The fourth-order valence-electron chi connectivity index (χ4n) is 1.72. The zero-order valence-electron chi connectivity index (χ0n) is 7.56. The van der Waals surface area contributed by atoms with Crippen LogP contribution in [0.25, 0.3) is 0 Å². The summed E-state index contributed by atoms with van der Waals surface area (Å²) in [4.78, 5) is 0. The molecule has 1 aliphatic carbocycles. The normalized spacial score (nSPS) is 19.4. The van der Waals surface area contributed by atoms with Crippen molar-refractivity contribution in [1.29, 1.82) is 0 Å². The minimum absolute atomic E-state index is 0.841. The second kappa shape index (κ2) is 6.89. The van der Waals surface area contributed by atoms with Crippen molar-refractivity contribution >= 4 is 22.6 Å². The Morgan fingerprint density at radius 2 is 2.08 bits per heavy atom. The van der Waals surface area contributed by atoms with Crippen molar-refractivity contribution in [3.8, 4) is 0 Å². The molecule has 1 aliphatic rings. The number of nitrogens with one attached hydrogen (secondary N) is 1. The van der Waals surface area contributed by atoms with Gasteiger partial charge >= 0.3 is 0 Å². The summed E-state index contributed by atoms with van der Waals surface area (Å²) in [7, 11) is 0. The third-order valence-electron chi connectivity index (χ3n) is 2.42. The van der Waals surface area contributed by atoms with Crippen LogP contribution in [-0.4, -0.2) is 12.6 Å². The molecule has 70 valence electrons. The number of hydrogen-bond acceptors (Lipinski definition) is 1. The predicted molar refractivity (Wildman–Crippen MR) is 62.7 cm³/mol. The first-order valence-electron chi connectivity index (χ1n) is 4.92. The predicted octanol–water partition coefficient (Wildman–Crippen LogP) is 3.25. The maximum Gasteiger partial charge on any atom is 0.00670 e. The van der Waals surface area contributed by atoms with Crippen molar-refractivity contribution in [3.05, 3.63) is 10.2 Å². The van der Waals surface area contributed by atoms with Crippen molar-refractivity contribution in [2.24, 2.45) is 0 Å². The molecule has 0 radical (unpaired) electrons. The molecular formula is C10H18IN. The Morgan fingerprint density at radius 1 is 1.33 bits per heavy atom. The first kappa shape index (κ1) is 10.5. The molecule has 0 spiro atoms. The van der Waals surface area contributed by atoms with Crippen molar-refractivity contribution in [2.75, 3.05) is 6.54 Å². The van der Waals surface area contributed by atoms with E-state index < -0.39 is 0 Å². The first-order chi connectivity index (χ1) is 5.93. The van der Waals surface area contributed by atoms with Gasteiger partial charge in [0.15, 0.2) is 0 Å². The van der Waals surface area contributed by atoms with Crippen LogP contribution in [0.2, 0.25) is 0 Å². The molecule has 1 fully saturated rings. The number of allylic oxidation sites excluding steroid dienone is 1. The number of halogens is 1. The van der Waals surface area contributed by atoms with Crippen molar-refractivity contribution in [3.63, 3.8) is 0 Å². The van der Waals surface area contributed by atoms with Crippen LogP contribution in [0.15, 0.2) is 10.2 Å². The summed E-state index contributed by atoms with van der Waals surface area (Å²) in [6.07, 6.45) is 10.4. The zero-order chi connectivity index (χ0) is 8.65. The SMILES string of the molecule is I/C=C/CCCNC1CCCC1. The van der Waals surface area contributed by atoms with Crippen LogP contribution >= 0.6 is 22.6 Å². The molecule has 2 heteroatoms. The van der Waals surface area contributed by atoms with E-state index in [1.54, 1.807) is 0 Å². The Hall–Kier alpha value is 0.430. The van der Waals surface area contributed by atoms with Gasteiger partial charge in [-0.25, -0.2) is 0 Å². The van der Waals surface area contributed by atoms with E-state index in [0.29, 0.717) is 0 Å². The van der Waals surface area contributed by atoms with Gasteiger partial charge in [0.1, 0.15) is 0 Å². The monoisotopic (exact) mass is 279 g/mol. The van der Waals surface area contributed by atoms with Crippen LogP contribution in [0.1, 0.15) is 38.5 Å². The van der Waals surface area contributed by atoms with Crippen LogP contribution in [0.5, 0.6) is 0 Å². The highest BCUT2D eigenvalue weighted by atomic mass is 127. The summed E-state index contributed by atoms with van der Waals surface area (Å²) < 4.78 is 2.10. The van der Waals surface area contributed by atoms with Crippen molar-refractivity contribution in [2.45, 2.75) is 44.6 Å². The van der Waals surface area contributed by atoms with Gasteiger partial charge in [0, 0.05) is 6.04 Å². The van der Waals surface area contributed by atoms with Crippen LogP contribution in [-0.2, 0) is 0 Å². The fraction of sp³-hybridized carbons (Fsp3) is 0.800. The van der Waals surface area contributed by atoms with Gasteiger partial charge in [0.05, 0.1) is 0 Å². The van der Waals surface area contributed by atoms with Crippen LogP contribution in [0.3, 0.4) is 0 Å². The lowest BCUT2D eigenvalue weighted by Gasteiger charge is -2.10. The summed E-state index contributed by atoms with van der Waals surface area (Å²) in [5, 5.41) is 3.60. The molecule has 0 aromatic carbocycles. The number of rotatable bonds is 5. The Kier molecular flexibility index (Phi) is 6.04. The summed E-state index contributed by atoms with van der Waals surface area (Å²) in [6, 6.07) is 0.841. The molecule has 0 bridgehead atoms. The largest absolute Gasteiger partial charge is 0.314 e. The average Bonchev–Trinajstić information content (AvgIpc) is 2.57. The quantitative estimate of drug-likeness (QED) is 0.601. The molecule has 1 rings (SSSR count). The minimum Gasteiger partial charge on any atom is -0.314 e. The van der Waals surface area contributed by atoms with Crippen LogP contribution in [0, 0.1) is 0 Å². The van der Waals surface area contributed by atoms with E-state index in [0.717, 1.165) is 6.04 Å². The molecular weight excluding hydrogens is 261 g/mol. The smallest absolute Gasteiger partial charge is 0.00670 e. The highest BCUT2D eigenvalue weighted by Gasteiger charge is 2.12. The standard InChI is InChI=1S/C10H18IN/c11-8-4-1-5-9-12-10-6-2-3-7-10/h4,8,10,12H,1-3,5-7,9H2/b8-4+. The summed E-state index contributed by atoms with van der Waals surface area (Å²) >= 11 is 2.28. The molecule has 0 aromatic heterocycles. The summed E-state index contributed by atoms with van der Waals surface area (Å²) in [6.45, 7) is 1.20. The Labute approximate surface area is 89.1 Å². The van der Waals surface area contributed by atoms with Crippen LogP contribution < -0.4 is 5.32 Å². The zero-order valence-corrected chi connectivity index (χ0v) is 9.72. The van der Waals surface area contributed by atoms with Gasteiger partial charge in [-0.1, -0.05) is 41.5 Å². The summed E-state index contributed by atoms with van der Waals surface area (Å²) in [5.74, 6) is 0. The van der Waals surface area contributed by atoms with Gasteiger partial charge < -0.3 is 5.32 Å². The van der Waals surface area contributed by atoms with E-state index in [1.807, 2.05) is 0 Å². The topological polar surface area (TPSA) is 12.0 Å². The van der Waals surface area contributed by atoms with Gasteiger partial charge in [-0.2, -0.15) is 0 Å². The first-order valence-corrected chi connectivity index (χ1v) is 6.16. The van der Waals surface area contributed by atoms with E-state index in [1.165, 1.54) is 45.1 Å². The molecule has 0 aromatic rings. The maximum absolute atomic E-state index is 3.60. The molecule has 1 saturated carbocycles. The highest BCUT2D eigenvalue weighted by molar-refractivity contribution is 14.1. The second-order valence-corrected chi connectivity index (χ2v) is 4.16. The Bertz CT molecular complexity index is 128. The maximum atomic E-state index is 3.60. The van der Waals surface area contributed by atoms with E-state index in [9.17, 15) is 0 Å². The minimum atomic E-state index is 0.841. The van der Waals surface area contributed by atoms with Gasteiger partial charge in [-0.05, 0) is 36.3 Å². The lowest BCUT2D eigenvalue weighted by Crippen LogP contribution is -2.26. The molecule has 0 atom stereocenters. The molecule has 12 heavy (non-hydrogen) atoms. The van der Waals surface area contributed by atoms with E-state index in [2.05, 4.69) is 38.1 Å². The lowest BCUT2D eigenvalue weighted by molar-refractivity contribution is 0.517. The highest BCUT2D eigenvalue weighted by Crippen LogP contribution is 2.17. The molecule has 0 heterocycles. The molecule has 0 amide bonds. The van der Waals surface area contributed by atoms with E-state index in [-0.39, 0.29) is 0 Å². The third kappa shape index (κ3) is 4.45. The fourth-order valence-corrected chi connectivity index (χ4v) is 2.08. The van der Waals surface area contributed by atoms with Gasteiger partial charge in [-0.3, -0.25) is 0 Å². The third-order valence-corrected chi connectivity index (χ3v) is 2.93.